The van der Waals surface area contributed by atoms with E-state index in [0.717, 1.165) is 19.3 Å². The van der Waals surface area contributed by atoms with Crippen LogP contribution < -0.4 is 0 Å². The standard InChI is InChI=1S/C55H48/c1-7-8-9-10-11-14-38-25-36(6)45-30-49-41(26-46(38)45)27-47(39-21-32(2)19-33(3)22-39)55-50-31-52-44-18-13-16-37-15-12-17-43(53(37)44)51(52)29-42(50)28-48(54(49)55)40-23-34(4)20-35(5)24-40/h7-8,10-21,23-24,26-31,36,39H,9,22,25H2,1-6H3/b8-7-,11-10-,38-14+. The van der Waals surface area contributed by atoms with Crippen molar-refractivity contribution >= 4 is 48.7 Å². The molecule has 7 aromatic rings. The molecule has 0 nitrogen and oxygen atoms in total. The maximum absolute atomic E-state index is 2.58. The van der Waals surface area contributed by atoms with Gasteiger partial charge in [-0.3, -0.25) is 0 Å². The van der Waals surface area contributed by atoms with Gasteiger partial charge in [0.1, 0.15) is 0 Å². The molecule has 0 saturated heterocycles. The Bertz CT molecular complexity index is 2930. The molecule has 0 aromatic heterocycles. The van der Waals surface area contributed by atoms with E-state index in [1.54, 1.807) is 0 Å². The highest BCUT2D eigenvalue weighted by molar-refractivity contribution is 6.27. The first-order valence-corrected chi connectivity index (χ1v) is 20.2. The molecule has 0 aliphatic heterocycles. The predicted molar refractivity (Wildman–Crippen MR) is 240 cm³/mol. The summed E-state index contributed by atoms with van der Waals surface area (Å²) in [5, 5.41) is 10.9. The Morgan fingerprint density at radius 2 is 1.29 bits per heavy atom. The lowest BCUT2D eigenvalue weighted by molar-refractivity contribution is 0.811. The molecule has 0 spiro atoms. The van der Waals surface area contributed by atoms with Crippen molar-refractivity contribution in [1.29, 1.82) is 0 Å². The van der Waals surface area contributed by atoms with Crippen molar-refractivity contribution in [1.82, 2.24) is 0 Å². The van der Waals surface area contributed by atoms with Crippen LogP contribution in [-0.2, 0) is 0 Å². The molecule has 0 N–H and O–H groups in total. The van der Waals surface area contributed by atoms with Crippen molar-refractivity contribution < 1.29 is 0 Å². The topological polar surface area (TPSA) is 0 Å². The van der Waals surface area contributed by atoms with Crippen LogP contribution in [0.2, 0.25) is 0 Å². The SMILES string of the molecule is C/C=C\C/C=C\C=C1/CC(C)c2cc3c(cc21)cc(C1C=C(C)C=C(C)C1)c1c2cc4c(cc2cc(-c2cc(C)cc(C)c2)c31)-c1cccc2cccc-4c12. The third-order valence-corrected chi connectivity index (χ3v) is 12.6. The second-order valence-electron chi connectivity index (χ2n) is 16.7. The van der Waals surface area contributed by atoms with Gasteiger partial charge in [0.05, 0.1) is 0 Å². The molecule has 10 rings (SSSR count). The van der Waals surface area contributed by atoms with E-state index in [4.69, 9.17) is 0 Å². The fraction of sp³-hybridized carbons (Fsp3) is 0.200. The number of benzene rings is 7. The molecular formula is C55H48. The highest BCUT2D eigenvalue weighted by Crippen LogP contribution is 2.53. The van der Waals surface area contributed by atoms with Gasteiger partial charge in [-0.2, -0.15) is 0 Å². The summed E-state index contributed by atoms with van der Waals surface area (Å²) < 4.78 is 0. The quantitative estimate of drug-likeness (QED) is 0.123. The van der Waals surface area contributed by atoms with E-state index in [2.05, 4.69) is 175 Å². The average molecular weight is 709 g/mol. The highest BCUT2D eigenvalue weighted by atomic mass is 14.3. The van der Waals surface area contributed by atoms with E-state index in [0.29, 0.717) is 11.8 Å². The van der Waals surface area contributed by atoms with Gasteiger partial charge in [-0.05, 0) is 195 Å². The van der Waals surface area contributed by atoms with Gasteiger partial charge in [-0.1, -0.05) is 126 Å². The van der Waals surface area contributed by atoms with Gasteiger partial charge in [0.15, 0.2) is 0 Å². The fourth-order valence-corrected chi connectivity index (χ4v) is 10.4. The summed E-state index contributed by atoms with van der Waals surface area (Å²) in [7, 11) is 0. The molecule has 0 heterocycles. The minimum Gasteiger partial charge on any atom is -0.0914 e. The third-order valence-electron chi connectivity index (χ3n) is 12.6. The summed E-state index contributed by atoms with van der Waals surface area (Å²) in [6, 6.07) is 36.1. The first kappa shape index (κ1) is 33.8. The van der Waals surface area contributed by atoms with Crippen LogP contribution in [0.1, 0.15) is 86.6 Å². The molecule has 3 aliphatic carbocycles. The highest BCUT2D eigenvalue weighted by Gasteiger charge is 2.29. The molecule has 3 aliphatic rings. The largest absolute Gasteiger partial charge is 0.0914 e. The molecule has 0 bridgehead atoms. The van der Waals surface area contributed by atoms with Gasteiger partial charge in [-0.15, -0.1) is 0 Å². The van der Waals surface area contributed by atoms with E-state index in [1.807, 2.05) is 0 Å². The van der Waals surface area contributed by atoms with Gasteiger partial charge in [0.25, 0.3) is 0 Å². The molecule has 2 atom stereocenters. The van der Waals surface area contributed by atoms with Crippen molar-refractivity contribution in [2.24, 2.45) is 0 Å². The van der Waals surface area contributed by atoms with Crippen molar-refractivity contribution in [3.63, 3.8) is 0 Å². The summed E-state index contributed by atoms with van der Waals surface area (Å²) in [5.41, 5.74) is 19.3. The summed E-state index contributed by atoms with van der Waals surface area (Å²) in [6.07, 6.45) is 19.2. The van der Waals surface area contributed by atoms with Crippen molar-refractivity contribution in [3.8, 4) is 33.4 Å². The Labute approximate surface area is 325 Å². The van der Waals surface area contributed by atoms with Crippen LogP contribution in [0.4, 0.5) is 0 Å². The molecule has 0 fully saturated rings. The molecular weight excluding hydrogens is 661 g/mol. The Balaban J connectivity index is 1.35. The van der Waals surface area contributed by atoms with Crippen molar-refractivity contribution in [2.45, 2.75) is 72.6 Å². The summed E-state index contributed by atoms with van der Waals surface area (Å²) >= 11 is 0. The van der Waals surface area contributed by atoms with E-state index in [9.17, 15) is 0 Å². The molecule has 0 amide bonds. The number of rotatable bonds is 5. The van der Waals surface area contributed by atoms with Gasteiger partial charge < -0.3 is 0 Å². The fourth-order valence-electron chi connectivity index (χ4n) is 10.4. The number of allylic oxidation sites excluding steroid dienone is 10. The molecule has 2 unspecified atom stereocenters. The number of fused-ring (bicyclic) bond motifs is 9. The van der Waals surface area contributed by atoms with Crippen LogP contribution in [0.15, 0.2) is 145 Å². The lowest BCUT2D eigenvalue weighted by Gasteiger charge is -2.25. The molecule has 0 heteroatoms. The molecule has 268 valence electrons. The van der Waals surface area contributed by atoms with Crippen LogP contribution in [-0.4, -0.2) is 0 Å². The monoisotopic (exact) mass is 708 g/mol. The summed E-state index contributed by atoms with van der Waals surface area (Å²) in [5.74, 6) is 0.758. The molecule has 0 saturated carbocycles. The Morgan fingerprint density at radius 3 is 2.04 bits per heavy atom. The van der Waals surface area contributed by atoms with Gasteiger partial charge >= 0.3 is 0 Å². The van der Waals surface area contributed by atoms with Gasteiger partial charge in [-0.25, -0.2) is 0 Å². The summed E-state index contributed by atoms with van der Waals surface area (Å²) in [6.45, 7) is 13.6. The Hall–Kier alpha value is -5.72. The van der Waals surface area contributed by atoms with Crippen molar-refractivity contribution in [2.75, 3.05) is 0 Å². The lowest BCUT2D eigenvalue weighted by Crippen LogP contribution is -2.04. The van der Waals surface area contributed by atoms with E-state index >= 15 is 0 Å². The zero-order valence-corrected chi connectivity index (χ0v) is 33.0. The summed E-state index contributed by atoms with van der Waals surface area (Å²) in [4.78, 5) is 0. The number of hydrogen-bond donors (Lipinski definition) is 0. The zero-order chi connectivity index (χ0) is 37.5. The number of aryl methyl sites for hydroxylation is 2. The van der Waals surface area contributed by atoms with Crippen LogP contribution in [0.3, 0.4) is 0 Å². The molecule has 0 radical (unpaired) electrons. The Kier molecular flexibility index (Phi) is 7.96. The van der Waals surface area contributed by atoms with E-state index in [1.165, 1.54) is 121 Å². The minimum absolute atomic E-state index is 0.292. The molecule has 7 aromatic carbocycles. The van der Waals surface area contributed by atoms with Gasteiger partial charge in [0.2, 0.25) is 0 Å². The maximum Gasteiger partial charge on any atom is 0.00674 e. The van der Waals surface area contributed by atoms with Crippen LogP contribution in [0.5, 0.6) is 0 Å². The third kappa shape index (κ3) is 5.49. The average Bonchev–Trinajstić information content (AvgIpc) is 3.65. The van der Waals surface area contributed by atoms with E-state index in [-0.39, 0.29) is 0 Å². The first-order valence-electron chi connectivity index (χ1n) is 20.2. The Morgan fingerprint density at radius 1 is 0.600 bits per heavy atom. The van der Waals surface area contributed by atoms with Crippen LogP contribution in [0, 0.1) is 13.8 Å². The van der Waals surface area contributed by atoms with Crippen molar-refractivity contribution in [3.05, 3.63) is 172 Å². The first-order chi connectivity index (χ1) is 26.7. The van der Waals surface area contributed by atoms with E-state index < -0.39 is 0 Å². The second kappa shape index (κ2) is 13.0. The predicted octanol–water partition coefficient (Wildman–Crippen LogP) is 16.0. The normalized spacial score (nSPS) is 18.4. The number of hydrogen-bond acceptors (Lipinski definition) is 0. The second-order valence-corrected chi connectivity index (χ2v) is 16.7. The van der Waals surface area contributed by atoms with Crippen LogP contribution >= 0.6 is 0 Å². The van der Waals surface area contributed by atoms with Gasteiger partial charge in [0, 0.05) is 5.92 Å². The lowest BCUT2D eigenvalue weighted by atomic mass is 9.78. The minimum atomic E-state index is 0.292. The van der Waals surface area contributed by atoms with Crippen LogP contribution in [0.25, 0.3) is 82.0 Å². The maximum atomic E-state index is 2.58. The smallest absolute Gasteiger partial charge is 0.00674 e. The zero-order valence-electron chi connectivity index (χ0n) is 33.0. The molecule has 55 heavy (non-hydrogen) atoms.